The van der Waals surface area contributed by atoms with Crippen molar-refractivity contribution in [3.05, 3.63) is 0 Å². The van der Waals surface area contributed by atoms with E-state index in [2.05, 4.69) is 13.8 Å². The van der Waals surface area contributed by atoms with Crippen molar-refractivity contribution in [1.82, 2.24) is 0 Å². The SMILES string of the molecule is CCCC(O)(C(=O)O)C1CCCCC1C(C)C. The number of aliphatic carboxylic acids is 1. The summed E-state index contributed by atoms with van der Waals surface area (Å²) in [6.07, 6.45) is 5.21. The quantitative estimate of drug-likeness (QED) is 0.779. The van der Waals surface area contributed by atoms with Crippen LogP contribution in [0.5, 0.6) is 0 Å². The van der Waals surface area contributed by atoms with Gasteiger partial charge in [0.2, 0.25) is 0 Å². The summed E-state index contributed by atoms with van der Waals surface area (Å²) < 4.78 is 0. The van der Waals surface area contributed by atoms with Crippen LogP contribution in [-0.4, -0.2) is 21.8 Å². The van der Waals surface area contributed by atoms with Crippen LogP contribution >= 0.6 is 0 Å². The summed E-state index contributed by atoms with van der Waals surface area (Å²) in [6.45, 7) is 6.20. The van der Waals surface area contributed by atoms with Crippen molar-refractivity contribution in [3.63, 3.8) is 0 Å². The van der Waals surface area contributed by atoms with Crippen molar-refractivity contribution < 1.29 is 15.0 Å². The van der Waals surface area contributed by atoms with Crippen LogP contribution in [0.4, 0.5) is 0 Å². The predicted molar refractivity (Wildman–Crippen MR) is 67.8 cm³/mol. The molecule has 0 amide bonds. The predicted octanol–water partition coefficient (Wildman–Crippen LogP) is 3.06. The van der Waals surface area contributed by atoms with E-state index < -0.39 is 11.6 Å². The van der Waals surface area contributed by atoms with Crippen LogP contribution in [0, 0.1) is 17.8 Å². The molecule has 1 rings (SSSR count). The van der Waals surface area contributed by atoms with Gasteiger partial charge in [0.25, 0.3) is 0 Å². The molecule has 1 fully saturated rings. The number of aliphatic hydroxyl groups is 1. The Morgan fingerprint density at radius 3 is 2.41 bits per heavy atom. The first-order valence-corrected chi connectivity index (χ1v) is 6.89. The molecule has 17 heavy (non-hydrogen) atoms. The Labute approximate surface area is 104 Å². The highest BCUT2D eigenvalue weighted by Crippen LogP contribution is 2.43. The van der Waals surface area contributed by atoms with Crippen LogP contribution in [-0.2, 0) is 4.79 Å². The molecule has 0 spiro atoms. The highest BCUT2D eigenvalue weighted by Gasteiger charge is 2.47. The third kappa shape index (κ3) is 3.01. The van der Waals surface area contributed by atoms with Gasteiger partial charge in [0, 0.05) is 5.92 Å². The Balaban J connectivity index is 2.94. The lowest BCUT2D eigenvalue weighted by atomic mass is 9.65. The fraction of sp³-hybridized carbons (Fsp3) is 0.929. The number of hydrogen-bond acceptors (Lipinski definition) is 2. The van der Waals surface area contributed by atoms with Gasteiger partial charge in [-0.25, -0.2) is 4.79 Å². The van der Waals surface area contributed by atoms with E-state index in [-0.39, 0.29) is 5.92 Å². The number of carboxylic acids is 1. The van der Waals surface area contributed by atoms with Crippen molar-refractivity contribution in [2.24, 2.45) is 17.8 Å². The monoisotopic (exact) mass is 242 g/mol. The highest BCUT2D eigenvalue weighted by molar-refractivity contribution is 5.77. The van der Waals surface area contributed by atoms with Gasteiger partial charge >= 0.3 is 5.97 Å². The first-order chi connectivity index (χ1) is 7.93. The molecule has 1 saturated carbocycles. The minimum atomic E-state index is -1.51. The second-order valence-electron chi connectivity index (χ2n) is 5.78. The molecule has 0 aromatic heterocycles. The van der Waals surface area contributed by atoms with Crippen LogP contribution in [0.1, 0.15) is 59.3 Å². The topological polar surface area (TPSA) is 57.5 Å². The Bertz CT molecular complexity index is 262. The summed E-state index contributed by atoms with van der Waals surface area (Å²) in [5.41, 5.74) is -1.51. The van der Waals surface area contributed by atoms with E-state index in [1.165, 1.54) is 6.42 Å². The van der Waals surface area contributed by atoms with E-state index in [0.717, 1.165) is 19.3 Å². The van der Waals surface area contributed by atoms with Gasteiger partial charge in [-0.1, -0.05) is 40.0 Å². The minimum Gasteiger partial charge on any atom is -0.479 e. The summed E-state index contributed by atoms with van der Waals surface area (Å²) in [6, 6.07) is 0. The Hall–Kier alpha value is -0.570. The summed E-state index contributed by atoms with van der Waals surface area (Å²) in [5.74, 6) is -0.315. The lowest BCUT2D eigenvalue weighted by Crippen LogP contribution is -2.50. The van der Waals surface area contributed by atoms with E-state index in [4.69, 9.17) is 0 Å². The van der Waals surface area contributed by atoms with Crippen LogP contribution in [0.25, 0.3) is 0 Å². The molecule has 3 heteroatoms. The molecular formula is C14H26O3. The summed E-state index contributed by atoms with van der Waals surface area (Å²) in [7, 11) is 0. The molecule has 1 aliphatic carbocycles. The molecular weight excluding hydrogens is 216 g/mol. The Morgan fingerprint density at radius 1 is 1.35 bits per heavy atom. The van der Waals surface area contributed by atoms with Gasteiger partial charge in [0.15, 0.2) is 5.60 Å². The second kappa shape index (κ2) is 5.85. The van der Waals surface area contributed by atoms with Crippen LogP contribution in [0.15, 0.2) is 0 Å². The number of carbonyl (C=O) groups is 1. The fourth-order valence-electron chi connectivity index (χ4n) is 3.38. The maximum atomic E-state index is 11.4. The largest absolute Gasteiger partial charge is 0.479 e. The average molecular weight is 242 g/mol. The molecule has 3 atom stereocenters. The molecule has 0 bridgehead atoms. The molecule has 0 heterocycles. The van der Waals surface area contributed by atoms with Crippen LogP contribution < -0.4 is 0 Å². The van der Waals surface area contributed by atoms with Gasteiger partial charge in [-0.2, -0.15) is 0 Å². The Kier molecular flexibility index (Phi) is 4.99. The molecule has 0 saturated heterocycles. The van der Waals surface area contributed by atoms with Gasteiger partial charge in [0.1, 0.15) is 0 Å². The maximum Gasteiger partial charge on any atom is 0.335 e. The summed E-state index contributed by atoms with van der Waals surface area (Å²) >= 11 is 0. The van der Waals surface area contributed by atoms with E-state index in [1.54, 1.807) is 0 Å². The van der Waals surface area contributed by atoms with E-state index in [1.807, 2.05) is 6.92 Å². The van der Waals surface area contributed by atoms with E-state index in [9.17, 15) is 15.0 Å². The maximum absolute atomic E-state index is 11.4. The van der Waals surface area contributed by atoms with Crippen molar-refractivity contribution in [1.29, 1.82) is 0 Å². The van der Waals surface area contributed by atoms with Crippen LogP contribution in [0.3, 0.4) is 0 Å². The van der Waals surface area contributed by atoms with E-state index >= 15 is 0 Å². The standard InChI is InChI=1S/C14H26O3/c1-4-9-14(17,13(15)16)12-8-6-5-7-11(12)10(2)3/h10-12,17H,4-9H2,1-3H3,(H,15,16). The van der Waals surface area contributed by atoms with Gasteiger partial charge < -0.3 is 10.2 Å². The molecule has 3 nitrogen and oxygen atoms in total. The average Bonchev–Trinajstić information content (AvgIpc) is 2.29. The molecule has 3 unspecified atom stereocenters. The molecule has 1 aliphatic rings. The van der Waals surface area contributed by atoms with E-state index in [0.29, 0.717) is 24.7 Å². The molecule has 0 aromatic carbocycles. The van der Waals surface area contributed by atoms with Crippen molar-refractivity contribution in [3.8, 4) is 0 Å². The lowest BCUT2D eigenvalue weighted by Gasteiger charge is -2.42. The highest BCUT2D eigenvalue weighted by atomic mass is 16.4. The van der Waals surface area contributed by atoms with Crippen LogP contribution in [0.2, 0.25) is 0 Å². The van der Waals surface area contributed by atoms with Crippen molar-refractivity contribution >= 4 is 5.97 Å². The molecule has 0 aliphatic heterocycles. The summed E-state index contributed by atoms with van der Waals surface area (Å²) in [5, 5.41) is 19.9. The zero-order valence-corrected chi connectivity index (χ0v) is 11.3. The third-order valence-electron chi connectivity index (χ3n) is 4.29. The first-order valence-electron chi connectivity index (χ1n) is 6.89. The Morgan fingerprint density at radius 2 is 1.94 bits per heavy atom. The lowest BCUT2D eigenvalue weighted by molar-refractivity contribution is -0.172. The summed E-state index contributed by atoms with van der Waals surface area (Å²) in [4.78, 5) is 11.4. The zero-order valence-electron chi connectivity index (χ0n) is 11.3. The van der Waals surface area contributed by atoms with Gasteiger partial charge in [-0.3, -0.25) is 0 Å². The number of hydrogen-bond donors (Lipinski definition) is 2. The van der Waals surface area contributed by atoms with Crippen molar-refractivity contribution in [2.45, 2.75) is 64.9 Å². The van der Waals surface area contributed by atoms with Gasteiger partial charge in [0.05, 0.1) is 0 Å². The number of carboxylic acid groups (broad SMARTS) is 1. The molecule has 0 aromatic rings. The minimum absolute atomic E-state index is 0.0753. The first kappa shape index (κ1) is 14.5. The molecule has 2 N–H and O–H groups in total. The van der Waals surface area contributed by atoms with Gasteiger partial charge in [-0.15, -0.1) is 0 Å². The molecule has 100 valence electrons. The second-order valence-corrected chi connectivity index (χ2v) is 5.78. The number of rotatable bonds is 5. The smallest absolute Gasteiger partial charge is 0.335 e. The zero-order chi connectivity index (χ0) is 13.1. The fourth-order valence-corrected chi connectivity index (χ4v) is 3.38. The van der Waals surface area contributed by atoms with Crippen molar-refractivity contribution in [2.75, 3.05) is 0 Å². The third-order valence-corrected chi connectivity index (χ3v) is 4.29. The van der Waals surface area contributed by atoms with Gasteiger partial charge in [-0.05, 0) is 31.1 Å². The molecule has 0 radical (unpaired) electrons. The normalized spacial score (nSPS) is 29.0.